The molecule has 0 aromatic heterocycles. The third kappa shape index (κ3) is 3.44. The van der Waals surface area contributed by atoms with Gasteiger partial charge in [-0.15, -0.1) is 0 Å². The number of hydrogen-bond donors (Lipinski definition) is 0. The summed E-state index contributed by atoms with van der Waals surface area (Å²) < 4.78 is 6.19. The number of ether oxygens (including phenoxy) is 1. The Morgan fingerprint density at radius 1 is 1.21 bits per heavy atom. The SMILES string of the molecule is COc1ccccc1CC(=O)c1cc(C)cc(Br)c1. The number of aryl methyl sites for hydroxylation is 1. The largest absolute Gasteiger partial charge is 0.496 e. The fourth-order valence-electron chi connectivity index (χ4n) is 2.02. The third-order valence-corrected chi connectivity index (χ3v) is 3.37. The van der Waals surface area contributed by atoms with Gasteiger partial charge in [-0.05, 0) is 36.8 Å². The zero-order valence-electron chi connectivity index (χ0n) is 10.9. The lowest BCUT2D eigenvalue weighted by atomic mass is 10.0. The van der Waals surface area contributed by atoms with Gasteiger partial charge in [0.2, 0.25) is 0 Å². The van der Waals surface area contributed by atoms with Crippen molar-refractivity contribution in [2.75, 3.05) is 7.11 Å². The summed E-state index contributed by atoms with van der Waals surface area (Å²) in [6.07, 6.45) is 0.347. The van der Waals surface area contributed by atoms with Crippen LogP contribution >= 0.6 is 15.9 Å². The van der Waals surface area contributed by atoms with E-state index in [1.165, 1.54) is 0 Å². The Balaban J connectivity index is 2.25. The average Bonchev–Trinajstić information content (AvgIpc) is 2.38. The molecule has 19 heavy (non-hydrogen) atoms. The highest BCUT2D eigenvalue weighted by atomic mass is 79.9. The van der Waals surface area contributed by atoms with Crippen LogP contribution in [-0.4, -0.2) is 12.9 Å². The Hall–Kier alpha value is -1.61. The molecule has 0 radical (unpaired) electrons. The van der Waals surface area contributed by atoms with Crippen LogP contribution in [0.3, 0.4) is 0 Å². The molecule has 0 amide bonds. The van der Waals surface area contributed by atoms with Crippen molar-refractivity contribution in [2.24, 2.45) is 0 Å². The van der Waals surface area contributed by atoms with Gasteiger partial charge in [0.15, 0.2) is 5.78 Å². The van der Waals surface area contributed by atoms with Crippen LogP contribution in [0.1, 0.15) is 21.5 Å². The van der Waals surface area contributed by atoms with Gasteiger partial charge >= 0.3 is 0 Å². The van der Waals surface area contributed by atoms with Crippen molar-refractivity contribution in [1.82, 2.24) is 0 Å². The van der Waals surface area contributed by atoms with E-state index >= 15 is 0 Å². The molecule has 0 aliphatic rings. The minimum absolute atomic E-state index is 0.0916. The van der Waals surface area contributed by atoms with E-state index in [0.717, 1.165) is 26.9 Å². The van der Waals surface area contributed by atoms with E-state index in [1.54, 1.807) is 7.11 Å². The molecular formula is C16H15BrO2. The molecule has 98 valence electrons. The quantitative estimate of drug-likeness (QED) is 0.790. The minimum atomic E-state index is 0.0916. The number of para-hydroxylation sites is 1. The molecule has 0 atom stereocenters. The number of hydrogen-bond acceptors (Lipinski definition) is 2. The van der Waals surface area contributed by atoms with Crippen LogP contribution in [0.15, 0.2) is 46.9 Å². The molecule has 0 N–H and O–H groups in total. The van der Waals surface area contributed by atoms with Gasteiger partial charge in [0.25, 0.3) is 0 Å². The Bertz CT molecular complexity index is 585. The molecule has 0 fully saturated rings. The summed E-state index contributed by atoms with van der Waals surface area (Å²) >= 11 is 3.42. The van der Waals surface area contributed by atoms with E-state index in [0.29, 0.717) is 6.42 Å². The first-order chi connectivity index (χ1) is 9.10. The lowest BCUT2D eigenvalue weighted by Crippen LogP contribution is -2.05. The first-order valence-corrected chi connectivity index (χ1v) is 6.81. The molecule has 0 aliphatic heterocycles. The van der Waals surface area contributed by atoms with E-state index in [1.807, 2.05) is 49.4 Å². The molecule has 0 saturated heterocycles. The van der Waals surface area contributed by atoms with Crippen LogP contribution in [0.2, 0.25) is 0 Å². The second-order valence-electron chi connectivity index (χ2n) is 4.43. The second kappa shape index (κ2) is 6.02. The number of benzene rings is 2. The molecule has 2 nitrogen and oxygen atoms in total. The number of Topliss-reactive ketones (excluding diaryl/α,β-unsaturated/α-hetero) is 1. The second-order valence-corrected chi connectivity index (χ2v) is 5.34. The van der Waals surface area contributed by atoms with Crippen LogP contribution in [0.25, 0.3) is 0 Å². The van der Waals surface area contributed by atoms with Crippen molar-refractivity contribution in [3.05, 3.63) is 63.6 Å². The number of carbonyl (C=O) groups excluding carboxylic acids is 1. The van der Waals surface area contributed by atoms with Crippen molar-refractivity contribution >= 4 is 21.7 Å². The molecule has 0 heterocycles. The maximum absolute atomic E-state index is 12.3. The zero-order valence-corrected chi connectivity index (χ0v) is 12.5. The van der Waals surface area contributed by atoms with E-state index < -0.39 is 0 Å². The summed E-state index contributed by atoms with van der Waals surface area (Å²) in [5.74, 6) is 0.844. The predicted octanol–water partition coefficient (Wildman–Crippen LogP) is 4.19. The molecule has 0 bridgehead atoms. The van der Waals surface area contributed by atoms with Crippen molar-refractivity contribution in [3.8, 4) is 5.75 Å². The van der Waals surface area contributed by atoms with Gasteiger partial charge in [-0.25, -0.2) is 0 Å². The maximum atomic E-state index is 12.3. The van der Waals surface area contributed by atoms with Gasteiger partial charge in [0, 0.05) is 22.0 Å². The smallest absolute Gasteiger partial charge is 0.167 e. The fourth-order valence-corrected chi connectivity index (χ4v) is 2.63. The normalized spacial score (nSPS) is 10.3. The molecule has 0 aliphatic carbocycles. The number of halogens is 1. The predicted molar refractivity (Wildman–Crippen MR) is 79.9 cm³/mol. The van der Waals surface area contributed by atoms with Gasteiger partial charge in [-0.2, -0.15) is 0 Å². The van der Waals surface area contributed by atoms with Crippen LogP contribution in [0, 0.1) is 6.92 Å². The molecule has 0 saturated carbocycles. The zero-order chi connectivity index (χ0) is 13.8. The monoisotopic (exact) mass is 318 g/mol. The molecule has 2 rings (SSSR count). The summed E-state index contributed by atoms with van der Waals surface area (Å²) in [6.45, 7) is 1.98. The Labute approximate surface area is 121 Å². The lowest BCUT2D eigenvalue weighted by molar-refractivity contribution is 0.0992. The number of carbonyl (C=O) groups is 1. The van der Waals surface area contributed by atoms with Crippen LogP contribution in [-0.2, 0) is 6.42 Å². The standard InChI is InChI=1S/C16H15BrO2/c1-11-7-13(9-14(17)8-11)15(18)10-12-5-3-4-6-16(12)19-2/h3-9H,10H2,1-2H3. The van der Waals surface area contributed by atoms with E-state index in [9.17, 15) is 4.79 Å². The highest BCUT2D eigenvalue weighted by molar-refractivity contribution is 9.10. The average molecular weight is 319 g/mol. The number of methoxy groups -OCH3 is 1. The summed E-state index contributed by atoms with van der Waals surface area (Å²) in [6, 6.07) is 13.3. The Kier molecular flexibility index (Phi) is 4.38. The fraction of sp³-hybridized carbons (Fsp3) is 0.188. The summed E-state index contributed by atoms with van der Waals surface area (Å²) in [7, 11) is 1.62. The molecule has 3 heteroatoms. The topological polar surface area (TPSA) is 26.3 Å². The highest BCUT2D eigenvalue weighted by Crippen LogP contribution is 2.21. The van der Waals surface area contributed by atoms with Gasteiger partial charge in [0.1, 0.15) is 5.75 Å². The minimum Gasteiger partial charge on any atom is -0.496 e. The van der Waals surface area contributed by atoms with Gasteiger partial charge in [0.05, 0.1) is 7.11 Å². The summed E-state index contributed by atoms with van der Waals surface area (Å²) in [5.41, 5.74) is 2.70. The van der Waals surface area contributed by atoms with E-state index in [-0.39, 0.29) is 5.78 Å². The van der Waals surface area contributed by atoms with E-state index in [4.69, 9.17) is 4.74 Å². The Morgan fingerprint density at radius 3 is 2.63 bits per heavy atom. The van der Waals surface area contributed by atoms with Crippen LogP contribution in [0.4, 0.5) is 0 Å². The first-order valence-electron chi connectivity index (χ1n) is 6.02. The third-order valence-electron chi connectivity index (χ3n) is 2.91. The number of rotatable bonds is 4. The summed E-state index contributed by atoms with van der Waals surface area (Å²) in [4.78, 5) is 12.3. The molecular weight excluding hydrogens is 304 g/mol. The van der Waals surface area contributed by atoms with Crippen molar-refractivity contribution in [1.29, 1.82) is 0 Å². The molecule has 0 spiro atoms. The van der Waals surface area contributed by atoms with Crippen molar-refractivity contribution in [2.45, 2.75) is 13.3 Å². The maximum Gasteiger partial charge on any atom is 0.167 e. The van der Waals surface area contributed by atoms with Gasteiger partial charge < -0.3 is 4.74 Å². The molecule has 2 aromatic rings. The Morgan fingerprint density at radius 2 is 1.95 bits per heavy atom. The molecule has 0 unspecified atom stereocenters. The summed E-state index contributed by atoms with van der Waals surface area (Å²) in [5, 5.41) is 0. The van der Waals surface area contributed by atoms with Crippen molar-refractivity contribution < 1.29 is 9.53 Å². The van der Waals surface area contributed by atoms with Crippen LogP contribution in [0.5, 0.6) is 5.75 Å². The van der Waals surface area contributed by atoms with Gasteiger partial charge in [-0.1, -0.05) is 34.1 Å². The first kappa shape index (κ1) is 13.8. The lowest BCUT2D eigenvalue weighted by Gasteiger charge is -2.08. The van der Waals surface area contributed by atoms with Crippen molar-refractivity contribution in [3.63, 3.8) is 0 Å². The number of ketones is 1. The van der Waals surface area contributed by atoms with E-state index in [2.05, 4.69) is 15.9 Å². The highest BCUT2D eigenvalue weighted by Gasteiger charge is 2.11. The van der Waals surface area contributed by atoms with Crippen LogP contribution < -0.4 is 4.74 Å². The molecule has 2 aromatic carbocycles. The van der Waals surface area contributed by atoms with Gasteiger partial charge in [-0.3, -0.25) is 4.79 Å².